The van der Waals surface area contributed by atoms with Gasteiger partial charge < -0.3 is 4.74 Å². The Balaban J connectivity index is 1.99. The van der Waals surface area contributed by atoms with E-state index in [4.69, 9.17) is 22.2 Å². The lowest BCUT2D eigenvalue weighted by atomic mass is 9.84. The zero-order chi connectivity index (χ0) is 14.9. The molecule has 1 atom stereocenters. The molecule has 0 heterocycles. The van der Waals surface area contributed by atoms with E-state index in [0.29, 0.717) is 10.8 Å². The van der Waals surface area contributed by atoms with E-state index in [1.54, 1.807) is 7.11 Å². The van der Waals surface area contributed by atoms with Crippen molar-refractivity contribution in [3.63, 3.8) is 0 Å². The van der Waals surface area contributed by atoms with E-state index in [-0.39, 0.29) is 11.5 Å². The van der Waals surface area contributed by atoms with Crippen LogP contribution in [0, 0.1) is 0 Å². The third-order valence-electron chi connectivity index (χ3n) is 4.37. The van der Waals surface area contributed by atoms with Gasteiger partial charge in [0.2, 0.25) is 0 Å². The van der Waals surface area contributed by atoms with E-state index in [9.17, 15) is 0 Å². The molecule has 1 saturated carbocycles. The highest BCUT2D eigenvalue weighted by Crippen LogP contribution is 2.56. The summed E-state index contributed by atoms with van der Waals surface area (Å²) in [7, 11) is 1.62. The number of hydrogen-bond acceptors (Lipinski definition) is 3. The average Bonchev–Trinajstić information content (AvgIpc) is 3.32. The van der Waals surface area contributed by atoms with E-state index in [1.807, 2.05) is 24.3 Å². The van der Waals surface area contributed by atoms with Gasteiger partial charge in [-0.15, -0.1) is 0 Å². The first-order valence-electron chi connectivity index (χ1n) is 7.06. The number of hydrazine groups is 1. The lowest BCUT2D eigenvalue weighted by Crippen LogP contribution is -2.36. The third kappa shape index (κ3) is 2.53. The van der Waals surface area contributed by atoms with Crippen molar-refractivity contribution in [1.29, 1.82) is 0 Å². The molecule has 1 unspecified atom stereocenters. The van der Waals surface area contributed by atoms with Crippen LogP contribution in [0.5, 0.6) is 5.75 Å². The Kier molecular flexibility index (Phi) is 3.89. The minimum Gasteiger partial charge on any atom is -0.495 e. The number of benzene rings is 2. The molecule has 0 radical (unpaired) electrons. The molecule has 21 heavy (non-hydrogen) atoms. The molecule has 0 aliphatic heterocycles. The Morgan fingerprint density at radius 3 is 2.48 bits per heavy atom. The molecule has 1 aliphatic rings. The monoisotopic (exact) mass is 302 g/mol. The topological polar surface area (TPSA) is 47.3 Å². The quantitative estimate of drug-likeness (QED) is 0.655. The molecule has 1 aliphatic carbocycles. The van der Waals surface area contributed by atoms with Crippen molar-refractivity contribution in [2.45, 2.75) is 24.3 Å². The van der Waals surface area contributed by atoms with Crippen LogP contribution in [0.3, 0.4) is 0 Å². The van der Waals surface area contributed by atoms with Crippen molar-refractivity contribution in [1.82, 2.24) is 5.43 Å². The second-order valence-electron chi connectivity index (χ2n) is 5.52. The number of hydrogen-bond donors (Lipinski definition) is 2. The smallest absolute Gasteiger partial charge is 0.137 e. The molecule has 0 aromatic heterocycles. The molecule has 1 fully saturated rings. The zero-order valence-corrected chi connectivity index (χ0v) is 12.7. The highest BCUT2D eigenvalue weighted by atomic mass is 35.5. The maximum Gasteiger partial charge on any atom is 0.137 e. The Morgan fingerprint density at radius 2 is 1.90 bits per heavy atom. The van der Waals surface area contributed by atoms with Gasteiger partial charge in [-0.3, -0.25) is 11.3 Å². The van der Waals surface area contributed by atoms with Gasteiger partial charge in [-0.1, -0.05) is 48.0 Å². The summed E-state index contributed by atoms with van der Waals surface area (Å²) in [5.74, 6) is 6.55. The van der Waals surface area contributed by atoms with Crippen molar-refractivity contribution < 1.29 is 4.74 Å². The number of halogens is 1. The predicted molar refractivity (Wildman–Crippen MR) is 85.4 cm³/mol. The molecule has 2 aromatic rings. The summed E-state index contributed by atoms with van der Waals surface area (Å²) in [4.78, 5) is 0. The van der Waals surface area contributed by atoms with Crippen LogP contribution in [-0.2, 0) is 5.41 Å². The van der Waals surface area contributed by atoms with Gasteiger partial charge >= 0.3 is 0 Å². The summed E-state index contributed by atoms with van der Waals surface area (Å²) >= 11 is 6.11. The fourth-order valence-corrected chi connectivity index (χ4v) is 3.27. The fourth-order valence-electron chi connectivity index (χ4n) is 3.08. The van der Waals surface area contributed by atoms with Crippen LogP contribution in [-0.4, -0.2) is 7.11 Å². The van der Waals surface area contributed by atoms with Crippen molar-refractivity contribution in [2.75, 3.05) is 7.11 Å². The van der Waals surface area contributed by atoms with E-state index >= 15 is 0 Å². The third-order valence-corrected chi connectivity index (χ3v) is 4.68. The minimum atomic E-state index is 0.0473. The molecule has 0 saturated heterocycles. The summed E-state index contributed by atoms with van der Waals surface area (Å²) in [6.07, 6.45) is 2.24. The van der Waals surface area contributed by atoms with Crippen molar-refractivity contribution >= 4 is 11.6 Å². The summed E-state index contributed by atoms with van der Waals surface area (Å²) in [5, 5.41) is 0.613. The molecule has 0 spiro atoms. The average molecular weight is 303 g/mol. The predicted octanol–water partition coefficient (Wildman–Crippen LogP) is 3.58. The van der Waals surface area contributed by atoms with E-state index in [0.717, 1.165) is 18.4 Å². The van der Waals surface area contributed by atoms with E-state index in [2.05, 4.69) is 29.7 Å². The van der Waals surface area contributed by atoms with Crippen molar-refractivity contribution in [3.8, 4) is 5.75 Å². The Bertz CT molecular complexity index is 626. The van der Waals surface area contributed by atoms with E-state index in [1.165, 1.54) is 5.56 Å². The lowest BCUT2D eigenvalue weighted by molar-refractivity contribution is 0.407. The van der Waals surface area contributed by atoms with Gasteiger partial charge in [0.25, 0.3) is 0 Å². The lowest BCUT2D eigenvalue weighted by Gasteiger charge is -2.28. The van der Waals surface area contributed by atoms with Gasteiger partial charge in [0, 0.05) is 5.41 Å². The number of ether oxygens (including phenoxy) is 1. The highest BCUT2D eigenvalue weighted by Gasteiger charge is 2.51. The normalized spacial score (nSPS) is 17.3. The van der Waals surface area contributed by atoms with Gasteiger partial charge in [0.1, 0.15) is 5.75 Å². The van der Waals surface area contributed by atoms with Crippen LogP contribution < -0.4 is 16.0 Å². The van der Waals surface area contributed by atoms with Crippen LogP contribution >= 0.6 is 11.6 Å². The van der Waals surface area contributed by atoms with Gasteiger partial charge in [0.15, 0.2) is 0 Å². The SMILES string of the molecule is COc1cc(C(NN)C2(c3ccccc3)CC2)ccc1Cl. The van der Waals surface area contributed by atoms with Crippen molar-refractivity contribution in [2.24, 2.45) is 5.84 Å². The summed E-state index contributed by atoms with van der Waals surface area (Å²) in [6.45, 7) is 0. The second-order valence-corrected chi connectivity index (χ2v) is 5.92. The van der Waals surface area contributed by atoms with Crippen LogP contribution in [0.1, 0.15) is 30.0 Å². The molecule has 110 valence electrons. The first-order valence-corrected chi connectivity index (χ1v) is 7.44. The molecule has 2 aromatic carbocycles. The molecule has 4 heteroatoms. The maximum absolute atomic E-state index is 6.11. The first kappa shape index (κ1) is 14.4. The van der Waals surface area contributed by atoms with Crippen LogP contribution in [0.25, 0.3) is 0 Å². The standard InChI is InChI=1S/C17H19ClN2O/c1-21-15-11-12(7-8-14(15)18)16(20-19)17(9-10-17)13-5-3-2-4-6-13/h2-8,11,16,20H,9-10,19H2,1H3. The van der Waals surface area contributed by atoms with E-state index < -0.39 is 0 Å². The second kappa shape index (κ2) is 5.68. The van der Waals surface area contributed by atoms with Gasteiger partial charge in [0.05, 0.1) is 18.2 Å². The Labute approximate surface area is 130 Å². The molecule has 0 bridgehead atoms. The highest BCUT2D eigenvalue weighted by molar-refractivity contribution is 6.32. The Hall–Kier alpha value is -1.55. The first-order chi connectivity index (χ1) is 10.2. The number of rotatable bonds is 5. The van der Waals surface area contributed by atoms with Gasteiger partial charge in [-0.25, -0.2) is 0 Å². The summed E-state index contributed by atoms with van der Waals surface area (Å²) in [5.41, 5.74) is 5.47. The molecular formula is C17H19ClN2O. The van der Waals surface area contributed by atoms with Crippen LogP contribution in [0.2, 0.25) is 5.02 Å². The Morgan fingerprint density at radius 1 is 1.19 bits per heavy atom. The fraction of sp³-hybridized carbons (Fsp3) is 0.294. The number of nitrogens with one attached hydrogen (secondary N) is 1. The summed E-state index contributed by atoms with van der Waals surface area (Å²) < 4.78 is 5.32. The van der Waals surface area contributed by atoms with Gasteiger partial charge in [-0.05, 0) is 36.1 Å². The van der Waals surface area contributed by atoms with Crippen LogP contribution in [0.15, 0.2) is 48.5 Å². The largest absolute Gasteiger partial charge is 0.495 e. The van der Waals surface area contributed by atoms with Crippen molar-refractivity contribution in [3.05, 3.63) is 64.7 Å². The van der Waals surface area contributed by atoms with Gasteiger partial charge in [-0.2, -0.15) is 0 Å². The minimum absolute atomic E-state index is 0.0473. The zero-order valence-electron chi connectivity index (χ0n) is 12.0. The molecule has 3 rings (SSSR count). The van der Waals surface area contributed by atoms with Crippen LogP contribution in [0.4, 0.5) is 0 Å². The maximum atomic E-state index is 6.11. The summed E-state index contributed by atoms with van der Waals surface area (Å²) in [6, 6.07) is 16.4. The molecule has 3 nitrogen and oxygen atoms in total. The molecule has 0 amide bonds. The number of nitrogens with two attached hydrogens (primary N) is 1. The molecular weight excluding hydrogens is 284 g/mol. The number of methoxy groups -OCH3 is 1. The molecule has 3 N–H and O–H groups in total.